The molecule has 5 nitrogen and oxygen atoms in total. The lowest BCUT2D eigenvalue weighted by molar-refractivity contribution is 0.603. The first kappa shape index (κ1) is 13.5. The van der Waals surface area contributed by atoms with Crippen LogP contribution in [0.5, 0.6) is 0 Å². The fourth-order valence-corrected chi connectivity index (χ4v) is 2.00. The van der Waals surface area contributed by atoms with E-state index in [2.05, 4.69) is 35.8 Å². The summed E-state index contributed by atoms with van der Waals surface area (Å²) in [5.74, 6) is 1.73. The number of nitrogens with zero attached hydrogens (tertiary/aromatic N) is 4. The Hall–Kier alpha value is -1.91. The zero-order valence-electron chi connectivity index (χ0n) is 11.8. The SMILES string of the molecule is CCCn1cc(-c2nc(N)cc(CC(C)C)n2)cn1. The predicted molar refractivity (Wildman–Crippen MR) is 76.5 cm³/mol. The van der Waals surface area contributed by atoms with Gasteiger partial charge in [0.1, 0.15) is 5.82 Å². The third-order valence-corrected chi connectivity index (χ3v) is 2.76. The Morgan fingerprint density at radius 1 is 1.32 bits per heavy atom. The zero-order valence-corrected chi connectivity index (χ0v) is 11.8. The number of hydrogen-bond donors (Lipinski definition) is 1. The Kier molecular flexibility index (Phi) is 4.14. The molecule has 0 amide bonds. The van der Waals surface area contributed by atoms with Crippen LogP contribution in [-0.2, 0) is 13.0 Å². The summed E-state index contributed by atoms with van der Waals surface area (Å²) in [6.07, 6.45) is 5.72. The summed E-state index contributed by atoms with van der Waals surface area (Å²) in [6.45, 7) is 7.36. The van der Waals surface area contributed by atoms with E-state index in [0.29, 0.717) is 17.6 Å². The number of aromatic nitrogens is 4. The van der Waals surface area contributed by atoms with Crippen LogP contribution in [0.1, 0.15) is 32.9 Å². The van der Waals surface area contributed by atoms with Gasteiger partial charge in [-0.25, -0.2) is 9.97 Å². The van der Waals surface area contributed by atoms with Crippen LogP contribution >= 0.6 is 0 Å². The molecule has 0 atom stereocenters. The number of nitrogens with two attached hydrogens (primary N) is 1. The summed E-state index contributed by atoms with van der Waals surface area (Å²) < 4.78 is 1.91. The summed E-state index contributed by atoms with van der Waals surface area (Å²) in [7, 11) is 0. The van der Waals surface area contributed by atoms with E-state index in [1.165, 1.54) is 0 Å². The molecule has 0 unspecified atom stereocenters. The van der Waals surface area contributed by atoms with Gasteiger partial charge in [0.05, 0.1) is 11.8 Å². The van der Waals surface area contributed by atoms with E-state index < -0.39 is 0 Å². The van der Waals surface area contributed by atoms with Gasteiger partial charge in [0.25, 0.3) is 0 Å². The van der Waals surface area contributed by atoms with Crippen LogP contribution in [0.2, 0.25) is 0 Å². The topological polar surface area (TPSA) is 69.6 Å². The maximum atomic E-state index is 5.86. The standard InChI is InChI=1S/C14H21N5/c1-4-5-19-9-11(8-16-19)14-17-12(6-10(2)3)7-13(15)18-14/h7-10H,4-6H2,1-3H3,(H2,15,17,18). The van der Waals surface area contributed by atoms with Crippen molar-refractivity contribution in [2.75, 3.05) is 5.73 Å². The van der Waals surface area contributed by atoms with Gasteiger partial charge in [-0.1, -0.05) is 20.8 Å². The molecule has 0 bridgehead atoms. The van der Waals surface area contributed by atoms with Gasteiger partial charge in [-0.2, -0.15) is 5.10 Å². The van der Waals surface area contributed by atoms with Gasteiger partial charge in [0.15, 0.2) is 5.82 Å². The number of rotatable bonds is 5. The summed E-state index contributed by atoms with van der Waals surface area (Å²) in [4.78, 5) is 8.87. The first-order valence-corrected chi connectivity index (χ1v) is 6.74. The lowest BCUT2D eigenvalue weighted by Crippen LogP contribution is -2.03. The maximum absolute atomic E-state index is 5.86. The van der Waals surface area contributed by atoms with Gasteiger partial charge in [-0.05, 0) is 18.8 Å². The van der Waals surface area contributed by atoms with Crippen molar-refractivity contribution in [2.45, 2.75) is 40.2 Å². The summed E-state index contributed by atoms with van der Waals surface area (Å²) >= 11 is 0. The molecule has 2 N–H and O–H groups in total. The highest BCUT2D eigenvalue weighted by Gasteiger charge is 2.09. The molecule has 0 saturated carbocycles. The van der Waals surface area contributed by atoms with Gasteiger partial charge in [0.2, 0.25) is 0 Å². The third-order valence-electron chi connectivity index (χ3n) is 2.76. The summed E-state index contributed by atoms with van der Waals surface area (Å²) in [5.41, 5.74) is 7.77. The molecule has 102 valence electrons. The van der Waals surface area contributed by atoms with Crippen LogP contribution in [0.25, 0.3) is 11.4 Å². The molecule has 0 aliphatic rings. The molecule has 2 heterocycles. The number of hydrogen-bond acceptors (Lipinski definition) is 4. The molecule has 0 radical (unpaired) electrons. The fourth-order valence-electron chi connectivity index (χ4n) is 2.00. The average Bonchev–Trinajstić information content (AvgIpc) is 2.76. The van der Waals surface area contributed by atoms with Crippen LogP contribution in [0.3, 0.4) is 0 Å². The molecule has 0 aromatic carbocycles. The number of anilines is 1. The van der Waals surface area contributed by atoms with E-state index in [1.807, 2.05) is 16.9 Å². The van der Waals surface area contributed by atoms with Gasteiger partial charge in [-0.15, -0.1) is 0 Å². The summed E-state index contributed by atoms with van der Waals surface area (Å²) in [5, 5.41) is 4.30. The minimum absolute atomic E-state index is 0.517. The molecule has 5 heteroatoms. The van der Waals surface area contributed by atoms with Crippen LogP contribution < -0.4 is 5.73 Å². The van der Waals surface area contributed by atoms with Crippen molar-refractivity contribution in [1.29, 1.82) is 0 Å². The third kappa shape index (κ3) is 3.53. The van der Waals surface area contributed by atoms with E-state index in [4.69, 9.17) is 5.73 Å². The molecule has 2 aromatic rings. The predicted octanol–water partition coefficient (Wildman–Crippen LogP) is 2.53. The second-order valence-corrected chi connectivity index (χ2v) is 5.20. The monoisotopic (exact) mass is 259 g/mol. The van der Waals surface area contributed by atoms with E-state index in [0.717, 1.165) is 30.6 Å². The molecule has 2 aromatic heterocycles. The largest absolute Gasteiger partial charge is 0.384 e. The van der Waals surface area contributed by atoms with Crippen LogP contribution in [-0.4, -0.2) is 19.7 Å². The van der Waals surface area contributed by atoms with Crippen LogP contribution in [0.15, 0.2) is 18.5 Å². The summed E-state index contributed by atoms with van der Waals surface area (Å²) in [6, 6.07) is 1.85. The molecular weight excluding hydrogens is 238 g/mol. The molecule has 0 saturated heterocycles. The molecule has 0 aliphatic heterocycles. The zero-order chi connectivity index (χ0) is 13.8. The van der Waals surface area contributed by atoms with Gasteiger partial charge in [-0.3, -0.25) is 4.68 Å². The minimum Gasteiger partial charge on any atom is -0.384 e. The molecule has 19 heavy (non-hydrogen) atoms. The normalized spacial score (nSPS) is 11.2. The smallest absolute Gasteiger partial charge is 0.164 e. The van der Waals surface area contributed by atoms with Crippen molar-refractivity contribution in [2.24, 2.45) is 5.92 Å². The quantitative estimate of drug-likeness (QED) is 0.895. The Morgan fingerprint density at radius 2 is 2.11 bits per heavy atom. The second-order valence-electron chi connectivity index (χ2n) is 5.20. The van der Waals surface area contributed by atoms with Gasteiger partial charge >= 0.3 is 0 Å². The average molecular weight is 259 g/mol. The maximum Gasteiger partial charge on any atom is 0.164 e. The lowest BCUT2D eigenvalue weighted by Gasteiger charge is -2.06. The van der Waals surface area contributed by atoms with E-state index in [9.17, 15) is 0 Å². The Balaban J connectivity index is 2.29. The molecule has 2 rings (SSSR count). The highest BCUT2D eigenvalue weighted by molar-refractivity contribution is 5.54. The number of aryl methyl sites for hydroxylation is 1. The van der Waals surface area contributed by atoms with E-state index in [1.54, 1.807) is 6.20 Å². The van der Waals surface area contributed by atoms with Crippen LogP contribution in [0, 0.1) is 5.92 Å². The molecule has 0 fully saturated rings. The van der Waals surface area contributed by atoms with Gasteiger partial charge in [0, 0.05) is 24.5 Å². The van der Waals surface area contributed by atoms with E-state index >= 15 is 0 Å². The second kappa shape index (κ2) is 5.82. The first-order valence-electron chi connectivity index (χ1n) is 6.74. The van der Waals surface area contributed by atoms with Crippen molar-refractivity contribution in [3.63, 3.8) is 0 Å². The van der Waals surface area contributed by atoms with Crippen molar-refractivity contribution in [1.82, 2.24) is 19.7 Å². The van der Waals surface area contributed by atoms with Gasteiger partial charge < -0.3 is 5.73 Å². The Bertz CT molecular complexity index is 545. The molecule has 0 spiro atoms. The van der Waals surface area contributed by atoms with Crippen molar-refractivity contribution in [3.8, 4) is 11.4 Å². The fraction of sp³-hybridized carbons (Fsp3) is 0.500. The lowest BCUT2D eigenvalue weighted by atomic mass is 10.1. The number of nitrogen functional groups attached to an aromatic ring is 1. The van der Waals surface area contributed by atoms with E-state index in [-0.39, 0.29) is 0 Å². The molecule has 0 aliphatic carbocycles. The molecular formula is C14H21N5. The Labute approximate surface area is 113 Å². The highest BCUT2D eigenvalue weighted by Crippen LogP contribution is 2.17. The van der Waals surface area contributed by atoms with Crippen molar-refractivity contribution >= 4 is 5.82 Å². The van der Waals surface area contributed by atoms with Crippen LogP contribution in [0.4, 0.5) is 5.82 Å². The first-order chi connectivity index (χ1) is 9.08. The van der Waals surface area contributed by atoms with Crippen molar-refractivity contribution < 1.29 is 0 Å². The van der Waals surface area contributed by atoms with Crippen molar-refractivity contribution in [3.05, 3.63) is 24.2 Å². The highest BCUT2D eigenvalue weighted by atomic mass is 15.3. The minimum atomic E-state index is 0.517. The Morgan fingerprint density at radius 3 is 2.79 bits per heavy atom.